The number of methoxy groups -OCH3 is 1. The van der Waals surface area contributed by atoms with E-state index in [1.54, 1.807) is 30.3 Å². The number of anilines is 2. The number of benzene rings is 2. The van der Waals surface area contributed by atoms with Gasteiger partial charge in [0.15, 0.2) is 0 Å². The van der Waals surface area contributed by atoms with E-state index in [0.29, 0.717) is 22.3 Å². The molecule has 0 aliphatic carbocycles. The van der Waals surface area contributed by atoms with E-state index in [4.69, 9.17) is 4.74 Å². The van der Waals surface area contributed by atoms with Gasteiger partial charge in [0.2, 0.25) is 15.6 Å². The summed E-state index contributed by atoms with van der Waals surface area (Å²) in [6.45, 7) is 0. The van der Waals surface area contributed by atoms with Gasteiger partial charge in [0.25, 0.3) is 5.91 Å². The molecule has 0 radical (unpaired) electrons. The predicted molar refractivity (Wildman–Crippen MR) is 104 cm³/mol. The van der Waals surface area contributed by atoms with E-state index >= 15 is 0 Å². The maximum absolute atomic E-state index is 12.7. The highest BCUT2D eigenvalue weighted by Crippen LogP contribution is 2.29. The number of fused-ring (bicyclic) bond motifs is 1. The molecule has 8 nitrogen and oxygen atoms in total. The highest BCUT2D eigenvalue weighted by molar-refractivity contribution is 7.92. The molecule has 0 unspecified atom stereocenters. The Morgan fingerprint density at radius 2 is 1.85 bits per heavy atom. The van der Waals surface area contributed by atoms with E-state index in [9.17, 15) is 18.0 Å². The minimum absolute atomic E-state index is 0.188. The zero-order valence-electron chi connectivity index (χ0n) is 14.6. The minimum Gasteiger partial charge on any atom is -0.495 e. The Bertz CT molecular complexity index is 1190. The van der Waals surface area contributed by atoms with Crippen molar-refractivity contribution in [2.75, 3.05) is 23.4 Å². The van der Waals surface area contributed by atoms with Gasteiger partial charge in [0.05, 0.1) is 24.6 Å². The zero-order chi connectivity index (χ0) is 19.6. The van der Waals surface area contributed by atoms with Crippen LogP contribution in [0, 0.1) is 0 Å². The normalized spacial score (nSPS) is 11.2. The number of sulfonamides is 1. The van der Waals surface area contributed by atoms with Crippen LogP contribution < -0.4 is 20.3 Å². The van der Waals surface area contributed by atoms with Crippen molar-refractivity contribution < 1.29 is 17.9 Å². The number of aromatic amines is 1. The first-order valence-electron chi connectivity index (χ1n) is 7.86. The van der Waals surface area contributed by atoms with Crippen LogP contribution in [0.4, 0.5) is 11.4 Å². The maximum Gasteiger partial charge on any atom is 0.256 e. The van der Waals surface area contributed by atoms with Gasteiger partial charge in [-0.2, -0.15) is 0 Å². The SMILES string of the molecule is COc1ccc(NC(=O)c2cc(=O)[nH]c3ccccc23)cc1NS(C)(=O)=O. The molecule has 2 aromatic carbocycles. The van der Waals surface area contributed by atoms with Crippen molar-refractivity contribution in [3.8, 4) is 5.75 Å². The second-order valence-electron chi connectivity index (χ2n) is 5.84. The quantitative estimate of drug-likeness (QED) is 0.620. The smallest absolute Gasteiger partial charge is 0.256 e. The number of nitrogens with one attached hydrogen (secondary N) is 3. The minimum atomic E-state index is -3.53. The lowest BCUT2D eigenvalue weighted by Crippen LogP contribution is -2.17. The second-order valence-corrected chi connectivity index (χ2v) is 7.58. The molecule has 140 valence electrons. The summed E-state index contributed by atoms with van der Waals surface area (Å²) in [5.41, 5.74) is 0.894. The van der Waals surface area contributed by atoms with Crippen molar-refractivity contribution >= 4 is 38.2 Å². The van der Waals surface area contributed by atoms with Crippen LogP contribution in [0.5, 0.6) is 5.75 Å². The van der Waals surface area contributed by atoms with Crippen LogP contribution in [-0.2, 0) is 10.0 Å². The van der Waals surface area contributed by atoms with Crippen LogP contribution in [-0.4, -0.2) is 32.7 Å². The van der Waals surface area contributed by atoms with Gasteiger partial charge in [-0.1, -0.05) is 18.2 Å². The number of H-pyrrole nitrogens is 1. The zero-order valence-corrected chi connectivity index (χ0v) is 15.4. The number of rotatable bonds is 5. The highest BCUT2D eigenvalue weighted by atomic mass is 32.2. The van der Waals surface area contributed by atoms with E-state index in [1.165, 1.54) is 25.3 Å². The molecule has 0 bridgehead atoms. The summed E-state index contributed by atoms with van der Waals surface area (Å²) in [6, 6.07) is 12.7. The van der Waals surface area contributed by atoms with Gasteiger partial charge in [0.1, 0.15) is 5.75 Å². The number of hydrogen-bond donors (Lipinski definition) is 3. The van der Waals surface area contributed by atoms with Gasteiger partial charge in [-0.3, -0.25) is 14.3 Å². The molecule has 0 fully saturated rings. The summed E-state index contributed by atoms with van der Waals surface area (Å²) in [6.07, 6.45) is 1.01. The molecule has 3 aromatic rings. The van der Waals surface area contributed by atoms with E-state index in [0.717, 1.165) is 6.26 Å². The summed E-state index contributed by atoms with van der Waals surface area (Å²) < 4.78 is 30.5. The van der Waals surface area contributed by atoms with Crippen LogP contribution in [0.15, 0.2) is 53.3 Å². The molecule has 0 atom stereocenters. The lowest BCUT2D eigenvalue weighted by molar-refractivity contribution is 0.102. The third kappa shape index (κ3) is 4.26. The number of para-hydroxylation sites is 1. The van der Waals surface area contributed by atoms with E-state index in [1.807, 2.05) is 0 Å². The summed E-state index contributed by atoms with van der Waals surface area (Å²) in [5.74, 6) is -0.187. The number of carbonyl (C=O) groups excluding carboxylic acids is 1. The van der Waals surface area contributed by atoms with Crippen LogP contribution in [0.1, 0.15) is 10.4 Å². The summed E-state index contributed by atoms with van der Waals surface area (Å²) in [4.78, 5) is 27.2. The van der Waals surface area contributed by atoms with Crippen LogP contribution in [0.25, 0.3) is 10.9 Å². The van der Waals surface area contributed by atoms with Crippen molar-refractivity contribution in [1.82, 2.24) is 4.98 Å². The number of aromatic nitrogens is 1. The molecule has 0 aliphatic heterocycles. The molecule has 0 spiro atoms. The molecular weight excluding hydrogens is 370 g/mol. The van der Waals surface area contributed by atoms with Crippen LogP contribution >= 0.6 is 0 Å². The standard InChI is InChI=1S/C18H17N3O5S/c1-26-16-8-7-11(9-15(16)21-27(2,24)25)19-18(23)13-10-17(22)20-14-6-4-3-5-12(13)14/h3-10,21H,1-2H3,(H,19,23)(H,20,22). The molecule has 27 heavy (non-hydrogen) atoms. The molecule has 1 amide bonds. The van der Waals surface area contributed by atoms with Crippen LogP contribution in [0.2, 0.25) is 0 Å². The first-order valence-corrected chi connectivity index (χ1v) is 9.75. The molecule has 3 rings (SSSR count). The number of ether oxygens (including phenoxy) is 1. The molecule has 1 heterocycles. The van der Waals surface area contributed by atoms with Gasteiger partial charge in [-0.25, -0.2) is 8.42 Å². The average molecular weight is 387 g/mol. The van der Waals surface area contributed by atoms with Gasteiger partial charge < -0.3 is 15.0 Å². The van der Waals surface area contributed by atoms with E-state index in [-0.39, 0.29) is 11.3 Å². The van der Waals surface area contributed by atoms with E-state index in [2.05, 4.69) is 15.0 Å². The number of amides is 1. The van der Waals surface area contributed by atoms with E-state index < -0.39 is 21.5 Å². The Hall–Kier alpha value is -3.33. The van der Waals surface area contributed by atoms with Crippen LogP contribution in [0.3, 0.4) is 0 Å². The Labute approximate surface area is 155 Å². The summed E-state index contributed by atoms with van der Waals surface area (Å²) in [5, 5.41) is 3.27. The third-order valence-corrected chi connectivity index (χ3v) is 4.34. The van der Waals surface area contributed by atoms with Crippen molar-refractivity contribution in [1.29, 1.82) is 0 Å². The van der Waals surface area contributed by atoms with Crippen molar-refractivity contribution in [3.05, 3.63) is 64.4 Å². The molecule has 9 heteroatoms. The fourth-order valence-electron chi connectivity index (χ4n) is 2.66. The second kappa shape index (κ2) is 7.12. The lowest BCUT2D eigenvalue weighted by atomic mass is 10.1. The van der Waals surface area contributed by atoms with Gasteiger partial charge in [0, 0.05) is 22.7 Å². The fraction of sp³-hybridized carbons (Fsp3) is 0.111. The third-order valence-electron chi connectivity index (χ3n) is 3.75. The number of pyridine rings is 1. The van der Waals surface area contributed by atoms with Gasteiger partial charge in [-0.15, -0.1) is 0 Å². The van der Waals surface area contributed by atoms with Crippen molar-refractivity contribution in [3.63, 3.8) is 0 Å². The molecular formula is C18H17N3O5S. The summed E-state index contributed by atoms with van der Waals surface area (Å²) >= 11 is 0. The lowest BCUT2D eigenvalue weighted by Gasteiger charge is -2.13. The Morgan fingerprint density at radius 1 is 1.11 bits per heavy atom. The fourth-order valence-corrected chi connectivity index (χ4v) is 3.22. The Morgan fingerprint density at radius 3 is 2.56 bits per heavy atom. The highest BCUT2D eigenvalue weighted by Gasteiger charge is 2.14. The van der Waals surface area contributed by atoms with Crippen molar-refractivity contribution in [2.24, 2.45) is 0 Å². The Kier molecular flexibility index (Phi) is 4.87. The van der Waals surface area contributed by atoms with Gasteiger partial charge in [-0.05, 0) is 24.3 Å². The predicted octanol–water partition coefficient (Wildman–Crippen LogP) is 2.16. The number of hydrogen-bond acceptors (Lipinski definition) is 5. The molecule has 0 aliphatic rings. The summed E-state index contributed by atoms with van der Waals surface area (Å²) in [7, 11) is -2.12. The van der Waals surface area contributed by atoms with Gasteiger partial charge >= 0.3 is 0 Å². The molecule has 0 saturated carbocycles. The maximum atomic E-state index is 12.7. The monoisotopic (exact) mass is 387 g/mol. The first kappa shape index (κ1) is 18.5. The molecule has 3 N–H and O–H groups in total. The molecule has 0 saturated heterocycles. The van der Waals surface area contributed by atoms with Crippen molar-refractivity contribution in [2.45, 2.75) is 0 Å². The topological polar surface area (TPSA) is 117 Å². The largest absolute Gasteiger partial charge is 0.495 e. The average Bonchev–Trinajstić information content (AvgIpc) is 2.59. The Balaban J connectivity index is 1.97. The number of carbonyl (C=O) groups is 1. The first-order chi connectivity index (χ1) is 12.8. The molecule has 1 aromatic heterocycles.